The molecule has 3 nitrogen and oxygen atoms in total. The van der Waals surface area contributed by atoms with Crippen LogP contribution in [0.5, 0.6) is 0 Å². The second-order valence-corrected chi connectivity index (χ2v) is 4.26. The standard InChI is InChI=1S/C14H15N3/c1-11(9-15)10-17(2)14-7-8-16-13-6-4-3-5-12(13)14/h3-8,11H,10H2,1-2H3. The molecule has 86 valence electrons. The summed E-state index contributed by atoms with van der Waals surface area (Å²) in [6.45, 7) is 2.66. The van der Waals surface area contributed by atoms with E-state index in [4.69, 9.17) is 5.26 Å². The Balaban J connectivity index is 2.38. The SMILES string of the molecule is CC(C#N)CN(C)c1ccnc2ccccc12. The molecule has 0 radical (unpaired) electrons. The predicted octanol–water partition coefficient (Wildman–Crippen LogP) is 2.83. The van der Waals surface area contributed by atoms with Gasteiger partial charge in [-0.15, -0.1) is 0 Å². The monoisotopic (exact) mass is 225 g/mol. The van der Waals surface area contributed by atoms with Gasteiger partial charge in [-0.2, -0.15) is 5.26 Å². The third-order valence-corrected chi connectivity index (χ3v) is 2.81. The quantitative estimate of drug-likeness (QED) is 0.806. The number of anilines is 1. The Hall–Kier alpha value is -2.08. The van der Waals surface area contributed by atoms with Gasteiger partial charge in [0.25, 0.3) is 0 Å². The third-order valence-electron chi connectivity index (χ3n) is 2.81. The van der Waals surface area contributed by atoms with E-state index in [-0.39, 0.29) is 5.92 Å². The number of hydrogen-bond donors (Lipinski definition) is 0. The number of hydrogen-bond acceptors (Lipinski definition) is 3. The Morgan fingerprint density at radius 3 is 2.88 bits per heavy atom. The van der Waals surface area contributed by atoms with Crippen LogP contribution in [0.1, 0.15) is 6.92 Å². The molecule has 1 heterocycles. The maximum Gasteiger partial charge on any atom is 0.0722 e. The first-order chi connectivity index (χ1) is 8.22. The average Bonchev–Trinajstić information content (AvgIpc) is 2.37. The highest BCUT2D eigenvalue weighted by atomic mass is 15.1. The van der Waals surface area contributed by atoms with Crippen LogP contribution in [0.2, 0.25) is 0 Å². The van der Waals surface area contributed by atoms with Crippen LogP contribution in [0, 0.1) is 17.2 Å². The van der Waals surface area contributed by atoms with Crippen LogP contribution >= 0.6 is 0 Å². The lowest BCUT2D eigenvalue weighted by atomic mass is 10.1. The van der Waals surface area contributed by atoms with E-state index in [0.29, 0.717) is 0 Å². The molecule has 2 aromatic rings. The van der Waals surface area contributed by atoms with E-state index in [1.54, 1.807) is 0 Å². The maximum atomic E-state index is 8.85. The Labute approximate surface area is 101 Å². The van der Waals surface area contributed by atoms with E-state index in [1.807, 2.05) is 44.4 Å². The number of benzene rings is 1. The average molecular weight is 225 g/mol. The van der Waals surface area contributed by atoms with E-state index in [0.717, 1.165) is 23.1 Å². The molecule has 0 bridgehead atoms. The molecule has 1 aromatic heterocycles. The number of para-hydroxylation sites is 1. The van der Waals surface area contributed by atoms with E-state index in [9.17, 15) is 0 Å². The zero-order chi connectivity index (χ0) is 12.3. The summed E-state index contributed by atoms with van der Waals surface area (Å²) in [5.41, 5.74) is 2.11. The molecule has 0 saturated heterocycles. The van der Waals surface area contributed by atoms with Gasteiger partial charge < -0.3 is 4.90 Å². The Bertz CT molecular complexity index is 551. The van der Waals surface area contributed by atoms with Crippen molar-refractivity contribution in [1.29, 1.82) is 5.26 Å². The molecule has 1 unspecified atom stereocenters. The van der Waals surface area contributed by atoms with Gasteiger partial charge in [0, 0.05) is 30.9 Å². The van der Waals surface area contributed by atoms with Crippen molar-refractivity contribution in [1.82, 2.24) is 4.98 Å². The number of pyridine rings is 1. The molecule has 0 amide bonds. The number of rotatable bonds is 3. The van der Waals surface area contributed by atoms with Crippen LogP contribution in [0.3, 0.4) is 0 Å². The molecule has 0 aliphatic heterocycles. The first kappa shape index (κ1) is 11.4. The zero-order valence-electron chi connectivity index (χ0n) is 10.1. The summed E-state index contributed by atoms with van der Waals surface area (Å²) in [6, 6.07) is 12.3. The van der Waals surface area contributed by atoms with Gasteiger partial charge in [0.15, 0.2) is 0 Å². The lowest BCUT2D eigenvalue weighted by molar-refractivity contribution is 0.717. The van der Waals surface area contributed by atoms with Crippen molar-refractivity contribution in [2.75, 3.05) is 18.5 Å². The van der Waals surface area contributed by atoms with Crippen LogP contribution in [0.4, 0.5) is 5.69 Å². The number of fused-ring (bicyclic) bond motifs is 1. The van der Waals surface area contributed by atoms with Gasteiger partial charge in [-0.25, -0.2) is 0 Å². The molecule has 0 saturated carbocycles. The molecule has 17 heavy (non-hydrogen) atoms. The topological polar surface area (TPSA) is 39.9 Å². The predicted molar refractivity (Wildman–Crippen MR) is 69.8 cm³/mol. The molecule has 1 atom stereocenters. The van der Waals surface area contributed by atoms with Crippen LogP contribution in [0.25, 0.3) is 10.9 Å². The lowest BCUT2D eigenvalue weighted by Crippen LogP contribution is -2.23. The summed E-state index contributed by atoms with van der Waals surface area (Å²) < 4.78 is 0. The van der Waals surface area contributed by atoms with Crippen molar-refractivity contribution >= 4 is 16.6 Å². The first-order valence-electron chi connectivity index (χ1n) is 5.67. The van der Waals surface area contributed by atoms with Crippen molar-refractivity contribution in [3.63, 3.8) is 0 Å². The fraction of sp³-hybridized carbons (Fsp3) is 0.286. The minimum atomic E-state index is 0.0203. The Morgan fingerprint density at radius 2 is 2.12 bits per heavy atom. The normalized spacial score (nSPS) is 12.1. The van der Waals surface area contributed by atoms with Crippen molar-refractivity contribution < 1.29 is 0 Å². The molecule has 0 spiro atoms. The summed E-state index contributed by atoms with van der Waals surface area (Å²) in [5, 5.41) is 9.98. The fourth-order valence-corrected chi connectivity index (χ4v) is 1.96. The van der Waals surface area contributed by atoms with Gasteiger partial charge in [-0.05, 0) is 19.1 Å². The highest BCUT2D eigenvalue weighted by molar-refractivity contribution is 5.91. The molecule has 1 aromatic carbocycles. The third kappa shape index (κ3) is 2.36. The smallest absolute Gasteiger partial charge is 0.0722 e. The van der Waals surface area contributed by atoms with Crippen LogP contribution < -0.4 is 4.90 Å². The summed E-state index contributed by atoms with van der Waals surface area (Å²) in [7, 11) is 2.01. The Morgan fingerprint density at radius 1 is 1.35 bits per heavy atom. The molecule has 0 fully saturated rings. The van der Waals surface area contributed by atoms with E-state index in [1.165, 1.54) is 0 Å². The molecule has 3 heteroatoms. The van der Waals surface area contributed by atoms with Gasteiger partial charge in [0.1, 0.15) is 0 Å². The van der Waals surface area contributed by atoms with Gasteiger partial charge in [0.2, 0.25) is 0 Å². The van der Waals surface area contributed by atoms with Crippen molar-refractivity contribution in [3.8, 4) is 6.07 Å². The van der Waals surface area contributed by atoms with Crippen LogP contribution in [0.15, 0.2) is 36.5 Å². The molecular formula is C14H15N3. The lowest BCUT2D eigenvalue weighted by Gasteiger charge is -2.21. The first-order valence-corrected chi connectivity index (χ1v) is 5.67. The van der Waals surface area contributed by atoms with E-state index in [2.05, 4.69) is 22.0 Å². The molecule has 0 aliphatic rings. The number of nitriles is 1. The van der Waals surface area contributed by atoms with Crippen molar-refractivity contribution in [2.45, 2.75) is 6.92 Å². The Kier molecular flexibility index (Phi) is 3.24. The number of aromatic nitrogens is 1. The van der Waals surface area contributed by atoms with Crippen LogP contribution in [-0.4, -0.2) is 18.6 Å². The van der Waals surface area contributed by atoms with E-state index < -0.39 is 0 Å². The highest BCUT2D eigenvalue weighted by Crippen LogP contribution is 2.24. The molecule has 2 rings (SSSR count). The maximum absolute atomic E-state index is 8.85. The second kappa shape index (κ2) is 4.84. The minimum Gasteiger partial charge on any atom is -0.373 e. The van der Waals surface area contributed by atoms with Crippen molar-refractivity contribution in [2.24, 2.45) is 5.92 Å². The van der Waals surface area contributed by atoms with Gasteiger partial charge >= 0.3 is 0 Å². The zero-order valence-corrected chi connectivity index (χ0v) is 10.1. The minimum absolute atomic E-state index is 0.0203. The summed E-state index contributed by atoms with van der Waals surface area (Å²) >= 11 is 0. The second-order valence-electron chi connectivity index (χ2n) is 4.26. The largest absolute Gasteiger partial charge is 0.373 e. The molecule has 0 aliphatic carbocycles. The van der Waals surface area contributed by atoms with Gasteiger partial charge in [-0.1, -0.05) is 18.2 Å². The van der Waals surface area contributed by atoms with Crippen LogP contribution in [-0.2, 0) is 0 Å². The van der Waals surface area contributed by atoms with Crippen molar-refractivity contribution in [3.05, 3.63) is 36.5 Å². The molecule has 0 N–H and O–H groups in total. The van der Waals surface area contributed by atoms with Gasteiger partial charge in [0.05, 0.1) is 17.5 Å². The summed E-state index contributed by atoms with van der Waals surface area (Å²) in [5.74, 6) is 0.0203. The molecular weight excluding hydrogens is 210 g/mol. The fourth-order valence-electron chi connectivity index (χ4n) is 1.96. The number of nitrogens with zero attached hydrogens (tertiary/aromatic N) is 3. The van der Waals surface area contributed by atoms with E-state index >= 15 is 0 Å². The van der Waals surface area contributed by atoms with Gasteiger partial charge in [-0.3, -0.25) is 4.98 Å². The summed E-state index contributed by atoms with van der Waals surface area (Å²) in [4.78, 5) is 6.44. The highest BCUT2D eigenvalue weighted by Gasteiger charge is 2.09. The summed E-state index contributed by atoms with van der Waals surface area (Å²) in [6.07, 6.45) is 1.81.